The quantitative estimate of drug-likeness (QED) is 0.625. The molecule has 0 saturated carbocycles. The summed E-state index contributed by atoms with van der Waals surface area (Å²) < 4.78 is 10.4. The Bertz CT molecular complexity index is 371. The molecule has 114 valence electrons. The lowest BCUT2D eigenvalue weighted by atomic mass is 10.0. The van der Waals surface area contributed by atoms with Crippen LogP contribution in [-0.4, -0.2) is 29.8 Å². The Morgan fingerprint density at radius 3 is 2.40 bits per heavy atom. The van der Waals surface area contributed by atoms with Gasteiger partial charge in [0.1, 0.15) is 11.7 Å². The highest BCUT2D eigenvalue weighted by Crippen LogP contribution is 2.15. The molecule has 0 aliphatic heterocycles. The monoisotopic (exact) mass is 283 g/mol. The van der Waals surface area contributed by atoms with Crippen LogP contribution in [0.3, 0.4) is 0 Å². The molecule has 5 heteroatoms. The topological polar surface area (TPSA) is 64.6 Å². The van der Waals surface area contributed by atoms with E-state index in [4.69, 9.17) is 9.47 Å². The number of nitrogens with one attached hydrogen (secondary N) is 1. The number of alkyl carbamates (subject to hydrolysis) is 1. The van der Waals surface area contributed by atoms with E-state index in [1.54, 1.807) is 0 Å². The zero-order valence-electron chi connectivity index (χ0n) is 12.8. The summed E-state index contributed by atoms with van der Waals surface area (Å²) in [5.41, 5.74) is -0.504. The van der Waals surface area contributed by atoms with E-state index in [-0.39, 0.29) is 18.1 Å². The van der Waals surface area contributed by atoms with Crippen LogP contribution < -0.4 is 5.32 Å². The minimum atomic E-state index is -0.504. The molecule has 5 nitrogen and oxygen atoms in total. The summed E-state index contributed by atoms with van der Waals surface area (Å²) in [6.45, 7) is 6.90. The maximum absolute atomic E-state index is 11.7. The van der Waals surface area contributed by atoms with Gasteiger partial charge in [-0.25, -0.2) is 4.79 Å². The van der Waals surface area contributed by atoms with Gasteiger partial charge in [0, 0.05) is 6.92 Å². The predicted octanol–water partition coefficient (Wildman–Crippen LogP) is 2.94. The third-order valence-corrected chi connectivity index (χ3v) is 2.83. The number of carbonyl (C=O) groups excluding carboxylic acids is 2. The van der Waals surface area contributed by atoms with Crippen LogP contribution >= 0.6 is 0 Å². The lowest BCUT2D eigenvalue weighted by molar-refractivity contribution is -0.144. The summed E-state index contributed by atoms with van der Waals surface area (Å²) in [5.74, 6) is -0.281. The van der Waals surface area contributed by atoms with Crippen molar-refractivity contribution in [3.63, 3.8) is 0 Å². The molecular formula is C15H25NO4. The standard InChI is InChI=1S/C15H25NO4/c1-11(17)19-13-8-6-5-7-12(9-10-13)16-14(18)20-15(2,3)4/h9-10,12-13H,5-8H2,1-4H3,(H,16,18)/b10-9-/t12-,13+/m1/s1. The summed E-state index contributed by atoms with van der Waals surface area (Å²) in [5, 5.41) is 2.83. The van der Waals surface area contributed by atoms with Gasteiger partial charge in [-0.1, -0.05) is 12.5 Å². The van der Waals surface area contributed by atoms with Crippen molar-refractivity contribution in [2.75, 3.05) is 0 Å². The Hall–Kier alpha value is -1.52. The molecule has 0 radical (unpaired) electrons. The third kappa shape index (κ3) is 7.16. The van der Waals surface area contributed by atoms with Gasteiger partial charge >= 0.3 is 12.1 Å². The van der Waals surface area contributed by atoms with Crippen LogP contribution in [0.1, 0.15) is 53.4 Å². The van der Waals surface area contributed by atoms with Crippen molar-refractivity contribution in [1.29, 1.82) is 0 Å². The zero-order chi connectivity index (χ0) is 15.2. The van der Waals surface area contributed by atoms with Gasteiger partial charge in [0.25, 0.3) is 0 Å². The van der Waals surface area contributed by atoms with Crippen LogP contribution in [0, 0.1) is 0 Å². The van der Waals surface area contributed by atoms with E-state index in [2.05, 4.69) is 5.32 Å². The van der Waals surface area contributed by atoms with Crippen LogP contribution in [0.25, 0.3) is 0 Å². The predicted molar refractivity (Wildman–Crippen MR) is 76.3 cm³/mol. The Balaban J connectivity index is 2.54. The number of esters is 1. The first-order valence-corrected chi connectivity index (χ1v) is 7.11. The summed E-state index contributed by atoms with van der Waals surface area (Å²) in [6, 6.07) is -0.0804. The first-order valence-electron chi connectivity index (χ1n) is 7.11. The molecule has 1 rings (SSSR count). The molecule has 0 unspecified atom stereocenters. The van der Waals surface area contributed by atoms with Gasteiger partial charge in [0.05, 0.1) is 6.04 Å². The molecule has 1 aliphatic carbocycles. The van der Waals surface area contributed by atoms with Crippen molar-refractivity contribution in [1.82, 2.24) is 5.32 Å². The van der Waals surface area contributed by atoms with E-state index in [0.717, 1.165) is 25.7 Å². The molecule has 2 atom stereocenters. The highest BCUT2D eigenvalue weighted by molar-refractivity contribution is 5.68. The Morgan fingerprint density at radius 1 is 1.15 bits per heavy atom. The Morgan fingerprint density at radius 2 is 1.80 bits per heavy atom. The zero-order valence-corrected chi connectivity index (χ0v) is 12.8. The first-order chi connectivity index (χ1) is 9.26. The van der Waals surface area contributed by atoms with Gasteiger partial charge in [0.2, 0.25) is 0 Å². The molecule has 0 aromatic carbocycles. The highest BCUT2D eigenvalue weighted by Gasteiger charge is 2.20. The summed E-state index contributed by atoms with van der Waals surface area (Å²) in [7, 11) is 0. The van der Waals surface area contributed by atoms with Gasteiger partial charge < -0.3 is 14.8 Å². The van der Waals surface area contributed by atoms with Crippen LogP contribution in [0.5, 0.6) is 0 Å². The number of amides is 1. The van der Waals surface area contributed by atoms with Crippen LogP contribution in [0.2, 0.25) is 0 Å². The smallest absolute Gasteiger partial charge is 0.408 e. The van der Waals surface area contributed by atoms with Crippen LogP contribution in [0.15, 0.2) is 12.2 Å². The molecule has 1 N–H and O–H groups in total. The van der Waals surface area contributed by atoms with Gasteiger partial charge in [-0.3, -0.25) is 4.79 Å². The molecule has 1 aliphatic rings. The molecule has 0 aromatic heterocycles. The number of hydrogen-bond donors (Lipinski definition) is 1. The van der Waals surface area contributed by atoms with E-state index in [9.17, 15) is 9.59 Å². The third-order valence-electron chi connectivity index (χ3n) is 2.83. The summed E-state index contributed by atoms with van der Waals surface area (Å²) in [4.78, 5) is 22.7. The number of carbonyl (C=O) groups is 2. The molecular weight excluding hydrogens is 258 g/mol. The average molecular weight is 283 g/mol. The highest BCUT2D eigenvalue weighted by atomic mass is 16.6. The summed E-state index contributed by atoms with van der Waals surface area (Å²) >= 11 is 0. The van der Waals surface area contributed by atoms with Crippen molar-refractivity contribution in [3.8, 4) is 0 Å². The fourth-order valence-corrected chi connectivity index (χ4v) is 2.05. The SMILES string of the molecule is CC(=O)O[C@@H]1/C=C\[C@H](NC(=O)OC(C)(C)C)CCCC1. The molecule has 0 heterocycles. The maximum atomic E-state index is 11.7. The van der Waals surface area contributed by atoms with Crippen molar-refractivity contribution in [3.05, 3.63) is 12.2 Å². The molecule has 0 aromatic rings. The largest absolute Gasteiger partial charge is 0.458 e. The second-order valence-electron chi connectivity index (χ2n) is 6.07. The van der Waals surface area contributed by atoms with Crippen LogP contribution in [-0.2, 0) is 14.3 Å². The molecule has 0 bridgehead atoms. The van der Waals surface area contributed by atoms with E-state index < -0.39 is 11.7 Å². The van der Waals surface area contributed by atoms with Crippen molar-refractivity contribution in [2.45, 2.75) is 71.1 Å². The fraction of sp³-hybridized carbons (Fsp3) is 0.733. The second kappa shape index (κ2) is 7.31. The molecule has 1 amide bonds. The number of hydrogen-bond acceptors (Lipinski definition) is 4. The van der Waals surface area contributed by atoms with E-state index in [1.165, 1.54) is 6.92 Å². The molecule has 0 fully saturated rings. The Kier molecular flexibility index (Phi) is 6.05. The molecule has 0 saturated heterocycles. The van der Waals surface area contributed by atoms with Gasteiger partial charge in [-0.2, -0.15) is 0 Å². The molecule has 0 spiro atoms. The Labute approximate surface area is 120 Å². The second-order valence-corrected chi connectivity index (χ2v) is 6.07. The lowest BCUT2D eigenvalue weighted by Gasteiger charge is -2.24. The summed E-state index contributed by atoms with van der Waals surface area (Å²) in [6.07, 6.45) is 6.75. The van der Waals surface area contributed by atoms with Crippen molar-refractivity contribution in [2.24, 2.45) is 0 Å². The van der Waals surface area contributed by atoms with Gasteiger partial charge in [-0.15, -0.1) is 0 Å². The van der Waals surface area contributed by atoms with Crippen molar-refractivity contribution < 1.29 is 19.1 Å². The molecule has 20 heavy (non-hydrogen) atoms. The van der Waals surface area contributed by atoms with Gasteiger partial charge in [0.15, 0.2) is 0 Å². The van der Waals surface area contributed by atoms with E-state index >= 15 is 0 Å². The lowest BCUT2D eigenvalue weighted by Crippen LogP contribution is -2.38. The van der Waals surface area contributed by atoms with Gasteiger partial charge in [-0.05, 0) is 46.1 Å². The van der Waals surface area contributed by atoms with Crippen LogP contribution in [0.4, 0.5) is 4.79 Å². The first kappa shape index (κ1) is 16.5. The number of rotatable bonds is 2. The number of ether oxygens (including phenoxy) is 2. The maximum Gasteiger partial charge on any atom is 0.408 e. The normalized spacial score (nSPS) is 25.0. The van der Waals surface area contributed by atoms with Crippen molar-refractivity contribution >= 4 is 12.1 Å². The minimum absolute atomic E-state index is 0.0804. The average Bonchev–Trinajstić information content (AvgIpc) is 2.23. The minimum Gasteiger partial charge on any atom is -0.458 e. The fourth-order valence-electron chi connectivity index (χ4n) is 2.05. The van der Waals surface area contributed by atoms with E-state index in [0.29, 0.717) is 0 Å². The van der Waals surface area contributed by atoms with E-state index in [1.807, 2.05) is 32.9 Å².